The standard InChI is InChI=1S/C19H16FN3O4/c20-12-5-7-14(8-6-12)22-10-13(9-18(22)25)21-17(24)11-23-15-3-1-2-4-16(15)27-19(23)26/h1-8,13H,9-11H2,(H,21,24). The molecule has 1 atom stereocenters. The second-order valence-corrected chi connectivity index (χ2v) is 6.37. The Morgan fingerprint density at radius 2 is 1.89 bits per heavy atom. The average Bonchev–Trinajstić information content (AvgIpc) is 3.15. The van der Waals surface area contributed by atoms with Crippen LogP contribution in [-0.4, -0.2) is 29.0 Å². The van der Waals surface area contributed by atoms with Gasteiger partial charge < -0.3 is 14.6 Å². The number of amides is 2. The normalized spacial score (nSPS) is 16.9. The third-order valence-electron chi connectivity index (χ3n) is 4.50. The number of nitrogens with zero attached hydrogens (tertiary/aromatic N) is 2. The second kappa shape index (κ2) is 6.71. The predicted octanol–water partition coefficient (Wildman–Crippen LogP) is 1.66. The number of carbonyl (C=O) groups is 2. The first-order valence-electron chi connectivity index (χ1n) is 8.45. The number of oxazole rings is 1. The first-order valence-corrected chi connectivity index (χ1v) is 8.45. The Kier molecular flexibility index (Phi) is 4.23. The highest BCUT2D eigenvalue weighted by molar-refractivity contribution is 5.96. The summed E-state index contributed by atoms with van der Waals surface area (Å²) in [5.74, 6) is -1.53. The van der Waals surface area contributed by atoms with Gasteiger partial charge in [0.1, 0.15) is 12.4 Å². The summed E-state index contributed by atoms with van der Waals surface area (Å²) in [4.78, 5) is 38.0. The van der Waals surface area contributed by atoms with Gasteiger partial charge in [-0.1, -0.05) is 12.1 Å². The summed E-state index contributed by atoms with van der Waals surface area (Å²) >= 11 is 0. The maximum atomic E-state index is 13.0. The summed E-state index contributed by atoms with van der Waals surface area (Å²) in [7, 11) is 0. The van der Waals surface area contributed by atoms with E-state index in [1.54, 1.807) is 24.3 Å². The Bertz CT molecular complexity index is 1070. The van der Waals surface area contributed by atoms with Gasteiger partial charge in [0.05, 0.1) is 11.6 Å². The molecule has 8 heteroatoms. The summed E-state index contributed by atoms with van der Waals surface area (Å²) in [6, 6.07) is 12.1. The van der Waals surface area contributed by atoms with Crippen molar-refractivity contribution in [2.24, 2.45) is 0 Å². The van der Waals surface area contributed by atoms with Crippen molar-refractivity contribution in [3.05, 3.63) is 64.9 Å². The van der Waals surface area contributed by atoms with Crippen LogP contribution in [0.25, 0.3) is 11.1 Å². The van der Waals surface area contributed by atoms with E-state index in [1.165, 1.54) is 33.7 Å². The molecule has 1 aliphatic heterocycles. The Morgan fingerprint density at radius 1 is 1.15 bits per heavy atom. The highest BCUT2D eigenvalue weighted by Crippen LogP contribution is 2.22. The molecule has 4 rings (SSSR count). The zero-order chi connectivity index (χ0) is 19.0. The van der Waals surface area contributed by atoms with Gasteiger partial charge in [0.2, 0.25) is 11.8 Å². The lowest BCUT2D eigenvalue weighted by Gasteiger charge is -2.17. The maximum Gasteiger partial charge on any atom is 0.420 e. The second-order valence-electron chi connectivity index (χ2n) is 6.37. The van der Waals surface area contributed by atoms with Gasteiger partial charge in [0, 0.05) is 18.7 Å². The zero-order valence-corrected chi connectivity index (χ0v) is 14.2. The van der Waals surface area contributed by atoms with Crippen LogP contribution in [0.15, 0.2) is 57.7 Å². The Morgan fingerprint density at radius 3 is 2.67 bits per heavy atom. The highest BCUT2D eigenvalue weighted by atomic mass is 19.1. The van der Waals surface area contributed by atoms with Crippen molar-refractivity contribution >= 4 is 28.6 Å². The summed E-state index contributed by atoms with van der Waals surface area (Å²) in [5.41, 5.74) is 1.53. The van der Waals surface area contributed by atoms with Crippen molar-refractivity contribution < 1.29 is 18.4 Å². The van der Waals surface area contributed by atoms with E-state index in [4.69, 9.17) is 4.42 Å². The number of carbonyl (C=O) groups excluding carboxylic acids is 2. The molecule has 2 heterocycles. The molecule has 1 N–H and O–H groups in total. The number of aromatic nitrogens is 1. The van der Waals surface area contributed by atoms with E-state index in [-0.39, 0.29) is 43.2 Å². The molecule has 1 saturated heterocycles. The molecule has 2 aromatic carbocycles. The van der Waals surface area contributed by atoms with Gasteiger partial charge in [-0.25, -0.2) is 9.18 Å². The lowest BCUT2D eigenvalue weighted by Crippen LogP contribution is -2.40. The Balaban J connectivity index is 1.44. The third-order valence-corrected chi connectivity index (χ3v) is 4.50. The fourth-order valence-electron chi connectivity index (χ4n) is 3.26. The van der Waals surface area contributed by atoms with Crippen LogP contribution in [0.2, 0.25) is 0 Å². The fraction of sp³-hybridized carbons (Fsp3) is 0.211. The van der Waals surface area contributed by atoms with Crippen LogP contribution < -0.4 is 16.0 Å². The number of para-hydroxylation sites is 2. The minimum atomic E-state index is -0.609. The van der Waals surface area contributed by atoms with Crippen LogP contribution in [0.5, 0.6) is 0 Å². The number of hydrogen-bond donors (Lipinski definition) is 1. The molecule has 0 saturated carbocycles. The van der Waals surface area contributed by atoms with Crippen LogP contribution in [0.4, 0.5) is 10.1 Å². The molecule has 0 spiro atoms. The molecule has 1 fully saturated rings. The molecule has 0 bridgehead atoms. The number of fused-ring (bicyclic) bond motifs is 1. The van der Waals surface area contributed by atoms with Crippen molar-refractivity contribution in [3.63, 3.8) is 0 Å². The van der Waals surface area contributed by atoms with Crippen molar-refractivity contribution in [2.75, 3.05) is 11.4 Å². The van der Waals surface area contributed by atoms with E-state index in [2.05, 4.69) is 5.32 Å². The van der Waals surface area contributed by atoms with Gasteiger partial charge >= 0.3 is 5.76 Å². The fourth-order valence-corrected chi connectivity index (χ4v) is 3.26. The van der Waals surface area contributed by atoms with E-state index >= 15 is 0 Å². The summed E-state index contributed by atoms with van der Waals surface area (Å²) in [6.45, 7) is 0.0916. The first kappa shape index (κ1) is 17.0. The monoisotopic (exact) mass is 369 g/mol. The lowest BCUT2D eigenvalue weighted by atomic mass is 10.2. The largest absolute Gasteiger partial charge is 0.420 e. The van der Waals surface area contributed by atoms with Crippen molar-refractivity contribution in [1.29, 1.82) is 0 Å². The van der Waals surface area contributed by atoms with Gasteiger partial charge in [0.15, 0.2) is 5.58 Å². The van der Waals surface area contributed by atoms with E-state index in [0.717, 1.165) is 0 Å². The highest BCUT2D eigenvalue weighted by Gasteiger charge is 2.31. The average molecular weight is 369 g/mol. The minimum Gasteiger partial charge on any atom is -0.408 e. The van der Waals surface area contributed by atoms with Crippen LogP contribution >= 0.6 is 0 Å². The van der Waals surface area contributed by atoms with Gasteiger partial charge in [0.25, 0.3) is 0 Å². The minimum absolute atomic E-state index is 0.143. The topological polar surface area (TPSA) is 84.5 Å². The number of benzene rings is 2. The van der Waals surface area contributed by atoms with E-state index < -0.39 is 5.76 Å². The molecule has 2 amide bonds. The lowest BCUT2D eigenvalue weighted by molar-refractivity contribution is -0.122. The van der Waals surface area contributed by atoms with Gasteiger partial charge in [-0.05, 0) is 36.4 Å². The van der Waals surface area contributed by atoms with Crippen LogP contribution in [0.1, 0.15) is 6.42 Å². The quantitative estimate of drug-likeness (QED) is 0.758. The molecule has 3 aromatic rings. The van der Waals surface area contributed by atoms with Crippen LogP contribution in [-0.2, 0) is 16.1 Å². The van der Waals surface area contributed by atoms with Gasteiger partial charge in [-0.2, -0.15) is 0 Å². The molecule has 1 unspecified atom stereocenters. The number of rotatable bonds is 4. The Labute approximate surface area is 153 Å². The van der Waals surface area contributed by atoms with E-state index in [1.807, 2.05) is 0 Å². The van der Waals surface area contributed by atoms with Crippen LogP contribution in [0, 0.1) is 5.82 Å². The zero-order valence-electron chi connectivity index (χ0n) is 14.2. The number of anilines is 1. The van der Waals surface area contributed by atoms with Crippen LogP contribution in [0.3, 0.4) is 0 Å². The van der Waals surface area contributed by atoms with Crippen molar-refractivity contribution in [3.8, 4) is 0 Å². The third kappa shape index (κ3) is 3.33. The van der Waals surface area contributed by atoms with Crippen molar-refractivity contribution in [2.45, 2.75) is 19.0 Å². The number of halogens is 1. The smallest absolute Gasteiger partial charge is 0.408 e. The molecule has 1 aromatic heterocycles. The summed E-state index contributed by atoms with van der Waals surface area (Å²) in [5, 5.41) is 2.77. The van der Waals surface area contributed by atoms with Crippen molar-refractivity contribution in [1.82, 2.24) is 9.88 Å². The molecule has 0 aliphatic carbocycles. The first-order chi connectivity index (χ1) is 13.0. The summed E-state index contributed by atoms with van der Waals surface area (Å²) in [6.07, 6.45) is 0.143. The SMILES string of the molecule is O=C(Cn1c(=O)oc2ccccc21)NC1CC(=O)N(c2ccc(F)cc2)C1. The maximum absolute atomic E-state index is 13.0. The summed E-state index contributed by atoms with van der Waals surface area (Å²) < 4.78 is 19.4. The number of hydrogen-bond acceptors (Lipinski definition) is 4. The molecule has 0 radical (unpaired) electrons. The molecular formula is C19H16FN3O4. The number of nitrogens with one attached hydrogen (secondary N) is 1. The van der Waals surface area contributed by atoms with Gasteiger partial charge in [-0.3, -0.25) is 14.2 Å². The molecule has 1 aliphatic rings. The van der Waals surface area contributed by atoms with Gasteiger partial charge in [-0.15, -0.1) is 0 Å². The molecule has 138 valence electrons. The van der Waals surface area contributed by atoms with E-state index in [9.17, 15) is 18.8 Å². The molecule has 7 nitrogen and oxygen atoms in total. The van der Waals surface area contributed by atoms with E-state index in [0.29, 0.717) is 16.8 Å². The molecule has 27 heavy (non-hydrogen) atoms. The predicted molar refractivity (Wildman–Crippen MR) is 95.8 cm³/mol. The Hall–Kier alpha value is -3.42. The molecular weight excluding hydrogens is 353 g/mol.